The lowest BCUT2D eigenvalue weighted by Crippen LogP contribution is -2.14. The largest absolute Gasteiger partial charge is 0.493 e. The molecule has 1 amide bonds. The molecule has 0 saturated heterocycles. The molecule has 5 nitrogen and oxygen atoms in total. The number of pyridine rings is 1. The van der Waals surface area contributed by atoms with Gasteiger partial charge in [-0.2, -0.15) is 0 Å². The van der Waals surface area contributed by atoms with Crippen molar-refractivity contribution in [3.05, 3.63) is 95.7 Å². The molecule has 5 heteroatoms. The second-order valence-electron chi connectivity index (χ2n) is 8.36. The van der Waals surface area contributed by atoms with Crippen LogP contribution in [-0.4, -0.2) is 25.1 Å². The summed E-state index contributed by atoms with van der Waals surface area (Å²) >= 11 is 0. The van der Waals surface area contributed by atoms with Gasteiger partial charge in [0.05, 0.1) is 19.7 Å². The fourth-order valence-corrected chi connectivity index (χ4v) is 4.37. The van der Waals surface area contributed by atoms with Crippen molar-refractivity contribution in [3.63, 3.8) is 0 Å². The molecule has 0 radical (unpaired) electrons. The maximum absolute atomic E-state index is 12.5. The average Bonchev–Trinajstić information content (AvgIpc) is 2.88. The number of hydrogen-bond donors (Lipinski definition) is 1. The van der Waals surface area contributed by atoms with Crippen molar-refractivity contribution in [2.75, 3.05) is 19.5 Å². The van der Waals surface area contributed by atoms with Crippen LogP contribution in [0.5, 0.6) is 11.5 Å². The third kappa shape index (κ3) is 4.37. The molecule has 0 saturated carbocycles. The monoisotopic (exact) mass is 450 g/mol. The number of hydrogen-bond acceptors (Lipinski definition) is 4. The van der Waals surface area contributed by atoms with Gasteiger partial charge in [-0.05, 0) is 65.4 Å². The summed E-state index contributed by atoms with van der Waals surface area (Å²) in [5.74, 6) is 1.30. The summed E-state index contributed by atoms with van der Waals surface area (Å²) in [6.07, 6.45) is 10.4. The van der Waals surface area contributed by atoms with Crippen molar-refractivity contribution < 1.29 is 14.3 Å². The minimum atomic E-state index is -0.0662. The van der Waals surface area contributed by atoms with Crippen LogP contribution in [0.25, 0.3) is 21.7 Å². The van der Waals surface area contributed by atoms with Crippen LogP contribution >= 0.6 is 0 Å². The molecule has 1 N–H and O–H groups in total. The highest BCUT2D eigenvalue weighted by Gasteiger charge is 2.12. The van der Waals surface area contributed by atoms with E-state index < -0.39 is 0 Å². The van der Waals surface area contributed by atoms with E-state index in [9.17, 15) is 4.79 Å². The van der Waals surface area contributed by atoms with Crippen LogP contribution in [0.15, 0.2) is 84.6 Å². The van der Waals surface area contributed by atoms with Gasteiger partial charge in [0.2, 0.25) is 0 Å². The van der Waals surface area contributed by atoms with E-state index in [0.717, 1.165) is 52.2 Å². The summed E-state index contributed by atoms with van der Waals surface area (Å²) in [5, 5.41) is 6.27. The van der Waals surface area contributed by atoms with Crippen molar-refractivity contribution in [3.8, 4) is 11.5 Å². The van der Waals surface area contributed by atoms with Gasteiger partial charge in [-0.15, -0.1) is 0 Å². The van der Waals surface area contributed by atoms with E-state index in [4.69, 9.17) is 9.47 Å². The zero-order chi connectivity index (χ0) is 23.5. The van der Waals surface area contributed by atoms with Crippen molar-refractivity contribution in [2.24, 2.45) is 0 Å². The second-order valence-corrected chi connectivity index (χ2v) is 8.36. The molecule has 0 atom stereocenters. The Bertz CT molecular complexity index is 1450. The molecule has 0 bridgehead atoms. The third-order valence-electron chi connectivity index (χ3n) is 6.15. The minimum absolute atomic E-state index is 0.0662. The molecule has 0 unspecified atom stereocenters. The highest BCUT2D eigenvalue weighted by molar-refractivity contribution is 6.06. The first kappa shape index (κ1) is 21.7. The molecular weight excluding hydrogens is 424 g/mol. The highest BCUT2D eigenvalue weighted by atomic mass is 16.5. The van der Waals surface area contributed by atoms with Crippen LogP contribution in [-0.2, 0) is 11.2 Å². The lowest BCUT2D eigenvalue weighted by atomic mass is 9.98. The third-order valence-corrected chi connectivity index (χ3v) is 6.15. The Balaban J connectivity index is 1.40. The number of methoxy groups -OCH3 is 2. The Kier molecular flexibility index (Phi) is 6.00. The number of benzene rings is 3. The molecule has 3 aromatic carbocycles. The normalized spacial score (nSPS) is 13.1. The molecule has 0 fully saturated rings. The van der Waals surface area contributed by atoms with E-state index >= 15 is 0 Å². The van der Waals surface area contributed by atoms with E-state index in [1.807, 2.05) is 54.8 Å². The van der Waals surface area contributed by atoms with Gasteiger partial charge in [-0.25, -0.2) is 0 Å². The molecule has 5 rings (SSSR count). The number of fused-ring (bicyclic) bond motifs is 2. The lowest BCUT2D eigenvalue weighted by molar-refractivity contribution is -0.112. The predicted octanol–water partition coefficient (Wildman–Crippen LogP) is 6.21. The Morgan fingerprint density at radius 2 is 1.74 bits per heavy atom. The summed E-state index contributed by atoms with van der Waals surface area (Å²) < 4.78 is 10.9. The number of allylic oxidation sites excluding steroid dienone is 2. The van der Waals surface area contributed by atoms with Crippen molar-refractivity contribution in [2.45, 2.75) is 19.3 Å². The van der Waals surface area contributed by atoms with Crippen molar-refractivity contribution >= 4 is 33.3 Å². The Morgan fingerprint density at radius 3 is 2.53 bits per heavy atom. The number of anilines is 1. The average molecular weight is 451 g/mol. The predicted molar refractivity (Wildman–Crippen MR) is 137 cm³/mol. The number of carbonyl (C=O) groups is 1. The van der Waals surface area contributed by atoms with Crippen LogP contribution in [0.4, 0.5) is 5.69 Å². The van der Waals surface area contributed by atoms with E-state index in [-0.39, 0.29) is 5.91 Å². The number of nitrogens with one attached hydrogen (secondary N) is 1. The number of rotatable bonds is 6. The summed E-state index contributed by atoms with van der Waals surface area (Å²) in [6, 6.07) is 18.4. The lowest BCUT2D eigenvalue weighted by Gasteiger charge is -2.12. The quantitative estimate of drug-likeness (QED) is 0.379. The standard InChI is InChI=1S/C29H26N2O3/c1-33-27-17-25-23(12-13-30-26(25)18-28(27)34-2)15-19-8-9-22-16-24(11-10-21(22)14-19)31-29(32)20-6-4-3-5-7-20/h4,6-14,16-18H,3,5,15H2,1-2H3,(H,31,32). The van der Waals surface area contributed by atoms with Crippen molar-refractivity contribution in [1.29, 1.82) is 0 Å². The van der Waals surface area contributed by atoms with Gasteiger partial charge in [-0.1, -0.05) is 42.5 Å². The molecule has 0 spiro atoms. The zero-order valence-electron chi connectivity index (χ0n) is 19.3. The van der Waals surface area contributed by atoms with Crippen LogP contribution in [0, 0.1) is 0 Å². The molecule has 1 heterocycles. The molecule has 0 aliphatic heterocycles. The van der Waals surface area contributed by atoms with Crippen LogP contribution in [0.2, 0.25) is 0 Å². The van der Waals surface area contributed by atoms with Crippen molar-refractivity contribution in [1.82, 2.24) is 4.98 Å². The van der Waals surface area contributed by atoms with E-state index in [0.29, 0.717) is 11.5 Å². The SMILES string of the molecule is COc1cc2nccc(Cc3ccc4cc(NC(=O)C5=CCCC=C5)ccc4c3)c2cc1OC. The summed E-state index contributed by atoms with van der Waals surface area (Å²) in [7, 11) is 3.27. The van der Waals surface area contributed by atoms with Gasteiger partial charge >= 0.3 is 0 Å². The summed E-state index contributed by atoms with van der Waals surface area (Å²) in [6.45, 7) is 0. The first-order valence-corrected chi connectivity index (χ1v) is 11.3. The van der Waals surface area contributed by atoms with Gasteiger partial charge in [0, 0.05) is 28.9 Å². The first-order chi connectivity index (χ1) is 16.6. The molecular formula is C29H26N2O3. The molecule has 1 aromatic heterocycles. The summed E-state index contributed by atoms with van der Waals surface area (Å²) in [4.78, 5) is 17.0. The topological polar surface area (TPSA) is 60.5 Å². The fraction of sp³-hybridized carbons (Fsp3) is 0.172. The van der Waals surface area contributed by atoms with Gasteiger partial charge in [-0.3, -0.25) is 9.78 Å². The van der Waals surface area contributed by atoms with E-state index in [2.05, 4.69) is 34.6 Å². The molecule has 34 heavy (non-hydrogen) atoms. The number of aromatic nitrogens is 1. The molecule has 4 aromatic rings. The van der Waals surface area contributed by atoms with Crippen LogP contribution in [0.1, 0.15) is 24.0 Å². The maximum Gasteiger partial charge on any atom is 0.255 e. The van der Waals surface area contributed by atoms with Gasteiger partial charge < -0.3 is 14.8 Å². The van der Waals surface area contributed by atoms with Gasteiger partial charge in [0.25, 0.3) is 5.91 Å². The first-order valence-electron chi connectivity index (χ1n) is 11.3. The number of carbonyl (C=O) groups excluding carboxylic acids is 1. The molecule has 1 aliphatic carbocycles. The highest BCUT2D eigenvalue weighted by Crippen LogP contribution is 2.33. The Labute approximate surface area is 198 Å². The number of ether oxygens (including phenoxy) is 2. The number of nitrogens with zero attached hydrogens (tertiary/aromatic N) is 1. The molecule has 170 valence electrons. The smallest absolute Gasteiger partial charge is 0.255 e. The van der Waals surface area contributed by atoms with Gasteiger partial charge in [0.15, 0.2) is 11.5 Å². The number of amides is 1. The minimum Gasteiger partial charge on any atom is -0.493 e. The summed E-state index contributed by atoms with van der Waals surface area (Å²) in [5.41, 5.74) is 4.76. The van der Waals surface area contributed by atoms with Crippen LogP contribution in [0.3, 0.4) is 0 Å². The van der Waals surface area contributed by atoms with E-state index in [1.54, 1.807) is 14.2 Å². The Morgan fingerprint density at radius 1 is 0.941 bits per heavy atom. The fourth-order valence-electron chi connectivity index (χ4n) is 4.37. The molecule has 1 aliphatic rings. The Hall–Kier alpha value is -4.12. The van der Waals surface area contributed by atoms with Gasteiger partial charge in [0.1, 0.15) is 0 Å². The van der Waals surface area contributed by atoms with E-state index in [1.165, 1.54) is 11.1 Å². The maximum atomic E-state index is 12.5. The van der Waals surface area contributed by atoms with Crippen LogP contribution < -0.4 is 14.8 Å². The zero-order valence-corrected chi connectivity index (χ0v) is 19.3. The second kappa shape index (κ2) is 9.40.